The minimum atomic E-state index is 0.705. The third-order valence-electron chi connectivity index (χ3n) is 2.87. The van der Waals surface area contributed by atoms with Crippen molar-refractivity contribution >= 4 is 10.9 Å². The van der Waals surface area contributed by atoms with Gasteiger partial charge in [0, 0.05) is 17.1 Å². The molecule has 0 saturated carbocycles. The van der Waals surface area contributed by atoms with E-state index in [9.17, 15) is 0 Å². The first-order valence-corrected chi connectivity index (χ1v) is 5.00. The van der Waals surface area contributed by atoms with Crippen LogP contribution in [0.1, 0.15) is 16.7 Å². The number of fused-ring (bicyclic) bond motifs is 1. The molecule has 0 radical (unpaired) electrons. The van der Waals surface area contributed by atoms with Crippen LogP contribution in [0.4, 0.5) is 0 Å². The molecule has 3 N–H and O–H groups in total. The lowest BCUT2D eigenvalue weighted by atomic mass is 9.99. The second-order valence-electron chi connectivity index (χ2n) is 3.78. The molecule has 1 heterocycles. The minimum Gasteiger partial charge on any atom is -0.361 e. The highest BCUT2D eigenvalue weighted by atomic mass is 14.7. The van der Waals surface area contributed by atoms with E-state index < -0.39 is 0 Å². The van der Waals surface area contributed by atoms with E-state index in [-0.39, 0.29) is 0 Å². The average molecular weight is 188 g/mol. The van der Waals surface area contributed by atoms with E-state index in [2.05, 4.69) is 31.0 Å². The van der Waals surface area contributed by atoms with E-state index in [0.29, 0.717) is 6.54 Å². The van der Waals surface area contributed by atoms with Gasteiger partial charge in [0.15, 0.2) is 0 Å². The van der Waals surface area contributed by atoms with Gasteiger partial charge in [-0.3, -0.25) is 0 Å². The van der Waals surface area contributed by atoms with Crippen molar-refractivity contribution in [1.29, 1.82) is 0 Å². The molecule has 1 aromatic carbocycles. The fraction of sp³-hybridized carbons (Fsp3) is 0.333. The first-order chi connectivity index (χ1) is 6.74. The average Bonchev–Trinajstić information content (AvgIpc) is 2.63. The molecule has 0 fully saturated rings. The van der Waals surface area contributed by atoms with Gasteiger partial charge in [0.25, 0.3) is 0 Å². The number of aromatic nitrogens is 1. The third kappa shape index (κ3) is 1.32. The van der Waals surface area contributed by atoms with Gasteiger partial charge in [-0.1, -0.05) is 6.07 Å². The molecule has 2 nitrogen and oxygen atoms in total. The Kier molecular flexibility index (Phi) is 2.30. The molecule has 0 atom stereocenters. The van der Waals surface area contributed by atoms with Crippen LogP contribution in [0, 0.1) is 13.8 Å². The Hall–Kier alpha value is -1.28. The topological polar surface area (TPSA) is 41.8 Å². The van der Waals surface area contributed by atoms with Gasteiger partial charge in [-0.25, -0.2) is 0 Å². The molecule has 2 heteroatoms. The van der Waals surface area contributed by atoms with Gasteiger partial charge in [0.1, 0.15) is 0 Å². The van der Waals surface area contributed by atoms with Crippen LogP contribution in [0.25, 0.3) is 10.9 Å². The number of hydrogen-bond acceptors (Lipinski definition) is 1. The molecule has 1 aromatic heterocycles. The number of H-pyrrole nitrogens is 1. The lowest BCUT2D eigenvalue weighted by Gasteiger charge is -2.07. The summed E-state index contributed by atoms with van der Waals surface area (Å²) < 4.78 is 0. The molecule has 0 amide bonds. The second-order valence-corrected chi connectivity index (χ2v) is 3.78. The number of aromatic amines is 1. The summed E-state index contributed by atoms with van der Waals surface area (Å²) in [6.07, 6.45) is 2.94. The number of rotatable bonds is 2. The highest BCUT2D eigenvalue weighted by Gasteiger charge is 2.06. The Balaban J connectivity index is 2.71. The SMILES string of the molecule is Cc1cc(CCN)c2[nH]ccc2c1C. The van der Waals surface area contributed by atoms with Crippen LogP contribution < -0.4 is 5.73 Å². The fourth-order valence-electron chi connectivity index (χ4n) is 1.95. The van der Waals surface area contributed by atoms with Crippen molar-refractivity contribution in [2.45, 2.75) is 20.3 Å². The summed E-state index contributed by atoms with van der Waals surface area (Å²) in [5.41, 5.74) is 10.9. The van der Waals surface area contributed by atoms with Gasteiger partial charge in [-0.15, -0.1) is 0 Å². The molecule has 2 aromatic rings. The zero-order chi connectivity index (χ0) is 10.1. The van der Waals surface area contributed by atoms with E-state index in [0.717, 1.165) is 6.42 Å². The third-order valence-corrected chi connectivity index (χ3v) is 2.87. The van der Waals surface area contributed by atoms with E-state index >= 15 is 0 Å². The molecule has 0 saturated heterocycles. The predicted molar refractivity (Wildman–Crippen MR) is 60.5 cm³/mol. The maximum absolute atomic E-state index is 5.59. The Morgan fingerprint density at radius 3 is 2.86 bits per heavy atom. The zero-order valence-corrected chi connectivity index (χ0v) is 8.72. The molecule has 14 heavy (non-hydrogen) atoms. The van der Waals surface area contributed by atoms with Crippen molar-refractivity contribution < 1.29 is 0 Å². The number of nitrogens with two attached hydrogens (primary N) is 1. The Morgan fingerprint density at radius 2 is 2.14 bits per heavy atom. The van der Waals surface area contributed by atoms with E-state index in [1.807, 2.05) is 6.20 Å². The lowest BCUT2D eigenvalue weighted by Crippen LogP contribution is -2.04. The van der Waals surface area contributed by atoms with Crippen LogP contribution in [0.3, 0.4) is 0 Å². The summed E-state index contributed by atoms with van der Waals surface area (Å²) in [6.45, 7) is 5.02. The van der Waals surface area contributed by atoms with E-state index in [4.69, 9.17) is 5.73 Å². The maximum Gasteiger partial charge on any atom is 0.0489 e. The van der Waals surface area contributed by atoms with Gasteiger partial charge in [-0.05, 0) is 49.6 Å². The van der Waals surface area contributed by atoms with Gasteiger partial charge in [-0.2, -0.15) is 0 Å². The summed E-state index contributed by atoms with van der Waals surface area (Å²) in [4.78, 5) is 3.29. The Labute approximate surface area is 84.1 Å². The van der Waals surface area contributed by atoms with Crippen molar-refractivity contribution in [3.63, 3.8) is 0 Å². The lowest BCUT2D eigenvalue weighted by molar-refractivity contribution is 0.971. The number of aryl methyl sites for hydroxylation is 2. The second kappa shape index (κ2) is 3.46. The van der Waals surface area contributed by atoms with Gasteiger partial charge in [0.05, 0.1) is 0 Å². The highest BCUT2D eigenvalue weighted by Crippen LogP contribution is 2.24. The number of nitrogens with one attached hydrogen (secondary N) is 1. The van der Waals surface area contributed by atoms with Crippen LogP contribution in [-0.4, -0.2) is 11.5 Å². The highest BCUT2D eigenvalue weighted by molar-refractivity contribution is 5.86. The Morgan fingerprint density at radius 1 is 1.36 bits per heavy atom. The molecule has 74 valence electrons. The monoisotopic (exact) mass is 188 g/mol. The summed E-state index contributed by atoms with van der Waals surface area (Å²) in [7, 11) is 0. The fourth-order valence-corrected chi connectivity index (χ4v) is 1.95. The van der Waals surface area contributed by atoms with Crippen molar-refractivity contribution in [3.05, 3.63) is 35.0 Å². The van der Waals surface area contributed by atoms with Crippen LogP contribution in [0.5, 0.6) is 0 Å². The molecule has 0 aliphatic rings. The molecule has 2 rings (SSSR count). The number of benzene rings is 1. The normalized spacial score (nSPS) is 11.1. The molecule has 0 aliphatic heterocycles. The minimum absolute atomic E-state index is 0.705. The van der Waals surface area contributed by atoms with E-state index in [1.54, 1.807) is 0 Å². The van der Waals surface area contributed by atoms with Crippen LogP contribution in [0.2, 0.25) is 0 Å². The smallest absolute Gasteiger partial charge is 0.0489 e. The van der Waals surface area contributed by atoms with Crippen molar-refractivity contribution in [1.82, 2.24) is 4.98 Å². The molecular weight excluding hydrogens is 172 g/mol. The summed E-state index contributed by atoms with van der Waals surface area (Å²) in [5.74, 6) is 0. The van der Waals surface area contributed by atoms with Crippen molar-refractivity contribution in [2.24, 2.45) is 5.73 Å². The predicted octanol–water partition coefficient (Wildman–Crippen LogP) is 2.29. The standard InChI is InChI=1S/C12H16N2/c1-8-7-10(3-5-13)12-11(9(8)2)4-6-14-12/h4,6-7,14H,3,5,13H2,1-2H3. The molecular formula is C12H16N2. The van der Waals surface area contributed by atoms with Crippen molar-refractivity contribution in [2.75, 3.05) is 6.54 Å². The zero-order valence-electron chi connectivity index (χ0n) is 8.72. The quantitative estimate of drug-likeness (QED) is 0.746. The van der Waals surface area contributed by atoms with Gasteiger partial charge >= 0.3 is 0 Å². The van der Waals surface area contributed by atoms with Gasteiger partial charge in [0.2, 0.25) is 0 Å². The molecule has 0 aliphatic carbocycles. The Bertz CT molecular complexity index is 455. The van der Waals surface area contributed by atoms with Crippen LogP contribution >= 0.6 is 0 Å². The van der Waals surface area contributed by atoms with Crippen molar-refractivity contribution in [3.8, 4) is 0 Å². The first-order valence-electron chi connectivity index (χ1n) is 5.00. The van der Waals surface area contributed by atoms with Crippen LogP contribution in [0.15, 0.2) is 18.3 Å². The molecule has 0 unspecified atom stereocenters. The number of hydrogen-bond donors (Lipinski definition) is 2. The molecule has 0 bridgehead atoms. The van der Waals surface area contributed by atoms with E-state index in [1.165, 1.54) is 27.6 Å². The molecule has 0 spiro atoms. The van der Waals surface area contributed by atoms with Crippen LogP contribution in [-0.2, 0) is 6.42 Å². The largest absolute Gasteiger partial charge is 0.361 e. The summed E-state index contributed by atoms with van der Waals surface area (Å²) >= 11 is 0. The maximum atomic E-state index is 5.59. The summed E-state index contributed by atoms with van der Waals surface area (Å²) in [6, 6.07) is 4.37. The first kappa shape index (κ1) is 9.28. The van der Waals surface area contributed by atoms with Gasteiger partial charge < -0.3 is 10.7 Å². The summed E-state index contributed by atoms with van der Waals surface area (Å²) in [5, 5.41) is 1.33.